The van der Waals surface area contributed by atoms with Crippen LogP contribution in [0, 0.1) is 5.92 Å². The molecule has 1 aliphatic carbocycles. The minimum Gasteiger partial charge on any atom is -0.384 e. The Labute approximate surface area is 193 Å². The molecule has 182 valence electrons. The molecule has 0 spiro atoms. The van der Waals surface area contributed by atoms with Crippen LogP contribution in [-0.4, -0.2) is 56.8 Å². The zero-order valence-electron chi connectivity index (χ0n) is 18.8. The number of likely N-dealkylation sites (N-methyl/N-ethyl adjacent to an activating group) is 1. The highest BCUT2D eigenvalue weighted by molar-refractivity contribution is 6.33. The van der Waals surface area contributed by atoms with Gasteiger partial charge in [-0.3, -0.25) is 4.79 Å². The fourth-order valence-corrected chi connectivity index (χ4v) is 4.25. The molecule has 1 fully saturated rings. The number of methoxy groups -OCH3 is 1. The molecular weight excluding hydrogens is 445 g/mol. The molecule has 0 saturated heterocycles. The van der Waals surface area contributed by atoms with Crippen molar-refractivity contribution in [1.29, 1.82) is 0 Å². The van der Waals surface area contributed by atoms with Gasteiger partial charge in [0.25, 0.3) is 0 Å². The Morgan fingerprint density at radius 2 is 2.00 bits per heavy atom. The summed E-state index contributed by atoms with van der Waals surface area (Å²) in [6, 6.07) is 1.19. The summed E-state index contributed by atoms with van der Waals surface area (Å²) in [7, 11) is 1.59. The predicted octanol–water partition coefficient (Wildman–Crippen LogP) is 4.27. The standard InChI is InChI=1S/C22H34ClF3N4O2/c1-3-30(21-19(23)14-17(15-28-21)22(24,25)26)12-11-27-10-8-16-4-6-18(7-5-16)29-20(31)9-13-32-2/h14-16,18,27H,3-13H2,1-2H3,(H,29,31). The number of carbonyl (C=O) groups is 1. The van der Waals surface area contributed by atoms with Crippen molar-refractivity contribution in [2.24, 2.45) is 5.92 Å². The van der Waals surface area contributed by atoms with Crippen LogP contribution in [0.2, 0.25) is 5.02 Å². The van der Waals surface area contributed by atoms with Crippen LogP contribution in [0.25, 0.3) is 0 Å². The average molecular weight is 479 g/mol. The number of rotatable bonds is 12. The number of carbonyl (C=O) groups excluding carboxylic acids is 1. The van der Waals surface area contributed by atoms with Gasteiger partial charge in [0.1, 0.15) is 5.82 Å². The summed E-state index contributed by atoms with van der Waals surface area (Å²) in [5.74, 6) is 1.07. The highest BCUT2D eigenvalue weighted by atomic mass is 35.5. The summed E-state index contributed by atoms with van der Waals surface area (Å²) in [5, 5.41) is 6.50. The molecule has 1 aromatic rings. The number of halogens is 4. The predicted molar refractivity (Wildman–Crippen MR) is 120 cm³/mol. The number of hydrogen-bond donors (Lipinski definition) is 2. The molecule has 0 radical (unpaired) electrons. The Balaban J connectivity index is 1.66. The van der Waals surface area contributed by atoms with Gasteiger partial charge in [-0.05, 0) is 57.6 Å². The van der Waals surface area contributed by atoms with Crippen LogP contribution in [0.1, 0.15) is 51.0 Å². The van der Waals surface area contributed by atoms with Gasteiger partial charge < -0.3 is 20.3 Å². The molecule has 32 heavy (non-hydrogen) atoms. The van der Waals surface area contributed by atoms with Crippen molar-refractivity contribution in [2.45, 2.75) is 57.7 Å². The maximum absolute atomic E-state index is 12.8. The third kappa shape index (κ3) is 8.75. The number of nitrogens with one attached hydrogen (secondary N) is 2. The van der Waals surface area contributed by atoms with Gasteiger partial charge in [-0.25, -0.2) is 4.98 Å². The topological polar surface area (TPSA) is 66.5 Å². The second kappa shape index (κ2) is 13.2. The Kier molecular flexibility index (Phi) is 11.0. The number of alkyl halides is 3. The molecular formula is C22H34ClF3N4O2. The van der Waals surface area contributed by atoms with Gasteiger partial charge in [-0.15, -0.1) is 0 Å². The lowest BCUT2D eigenvalue weighted by atomic mass is 9.84. The summed E-state index contributed by atoms with van der Waals surface area (Å²) in [4.78, 5) is 17.6. The van der Waals surface area contributed by atoms with Crippen molar-refractivity contribution in [3.63, 3.8) is 0 Å². The highest BCUT2D eigenvalue weighted by Gasteiger charge is 2.32. The molecule has 10 heteroatoms. The SMILES string of the molecule is CCN(CCNCCC1CCC(NC(=O)CCOC)CC1)c1ncc(C(F)(F)F)cc1Cl. The number of nitrogens with zero attached hydrogens (tertiary/aromatic N) is 2. The lowest BCUT2D eigenvalue weighted by Crippen LogP contribution is -2.38. The summed E-state index contributed by atoms with van der Waals surface area (Å²) in [5.41, 5.74) is -0.843. The Bertz CT molecular complexity index is 713. The smallest absolute Gasteiger partial charge is 0.384 e. The summed E-state index contributed by atoms with van der Waals surface area (Å²) in [6.45, 7) is 5.14. The quantitative estimate of drug-likeness (QED) is 0.439. The van der Waals surface area contributed by atoms with Crippen LogP contribution < -0.4 is 15.5 Å². The van der Waals surface area contributed by atoms with E-state index in [9.17, 15) is 18.0 Å². The fraction of sp³-hybridized carbons (Fsp3) is 0.727. The lowest BCUT2D eigenvalue weighted by Gasteiger charge is -2.29. The van der Waals surface area contributed by atoms with Gasteiger partial charge in [-0.2, -0.15) is 13.2 Å². The Hall–Kier alpha value is -1.58. The van der Waals surface area contributed by atoms with Crippen molar-refractivity contribution in [2.75, 3.05) is 44.8 Å². The summed E-state index contributed by atoms with van der Waals surface area (Å²) < 4.78 is 43.3. The first kappa shape index (κ1) is 26.7. The van der Waals surface area contributed by atoms with Crippen LogP contribution >= 0.6 is 11.6 Å². The summed E-state index contributed by atoms with van der Waals surface area (Å²) in [6.07, 6.45) is 2.05. The van der Waals surface area contributed by atoms with Crippen LogP contribution in [-0.2, 0) is 15.7 Å². The Morgan fingerprint density at radius 1 is 1.28 bits per heavy atom. The molecule has 1 aromatic heterocycles. The van der Waals surface area contributed by atoms with E-state index < -0.39 is 11.7 Å². The highest BCUT2D eigenvalue weighted by Crippen LogP contribution is 2.33. The van der Waals surface area contributed by atoms with Gasteiger partial charge >= 0.3 is 6.18 Å². The van der Waals surface area contributed by atoms with E-state index in [0.717, 1.165) is 50.9 Å². The maximum atomic E-state index is 12.8. The first-order valence-electron chi connectivity index (χ1n) is 11.2. The minimum absolute atomic E-state index is 0.00717. The van der Waals surface area contributed by atoms with E-state index in [0.29, 0.717) is 44.4 Å². The van der Waals surface area contributed by atoms with E-state index in [-0.39, 0.29) is 17.0 Å². The van der Waals surface area contributed by atoms with Crippen LogP contribution in [0.4, 0.5) is 19.0 Å². The second-order valence-corrected chi connectivity index (χ2v) is 8.58. The number of amides is 1. The number of hydrogen-bond acceptors (Lipinski definition) is 5. The fourth-order valence-electron chi connectivity index (χ4n) is 3.97. The second-order valence-electron chi connectivity index (χ2n) is 8.17. The van der Waals surface area contributed by atoms with Crippen LogP contribution in [0.3, 0.4) is 0 Å². The zero-order valence-corrected chi connectivity index (χ0v) is 19.6. The molecule has 2 rings (SSSR count). The number of anilines is 1. The minimum atomic E-state index is -4.46. The van der Waals surface area contributed by atoms with Gasteiger partial charge in [0, 0.05) is 45.4 Å². The molecule has 1 aliphatic rings. The lowest BCUT2D eigenvalue weighted by molar-refractivity contribution is -0.137. The molecule has 1 amide bonds. The van der Waals surface area contributed by atoms with E-state index in [4.69, 9.17) is 16.3 Å². The van der Waals surface area contributed by atoms with E-state index in [1.165, 1.54) is 0 Å². The van der Waals surface area contributed by atoms with E-state index in [2.05, 4.69) is 15.6 Å². The van der Waals surface area contributed by atoms with Crippen molar-refractivity contribution in [3.05, 3.63) is 22.8 Å². The van der Waals surface area contributed by atoms with Gasteiger partial charge in [0.05, 0.1) is 17.2 Å². The number of ether oxygens (including phenoxy) is 1. The maximum Gasteiger partial charge on any atom is 0.417 e. The normalized spacial score (nSPS) is 19.1. The molecule has 1 heterocycles. The van der Waals surface area contributed by atoms with Crippen molar-refractivity contribution in [3.8, 4) is 0 Å². The molecule has 1 saturated carbocycles. The van der Waals surface area contributed by atoms with E-state index >= 15 is 0 Å². The average Bonchev–Trinajstić information content (AvgIpc) is 2.75. The molecule has 2 N–H and O–H groups in total. The first-order chi connectivity index (χ1) is 15.2. The molecule has 0 atom stereocenters. The monoisotopic (exact) mass is 478 g/mol. The van der Waals surface area contributed by atoms with Crippen molar-refractivity contribution in [1.82, 2.24) is 15.6 Å². The molecule has 0 aromatic carbocycles. The van der Waals surface area contributed by atoms with Gasteiger partial charge in [0.15, 0.2) is 0 Å². The molecule has 6 nitrogen and oxygen atoms in total. The largest absolute Gasteiger partial charge is 0.417 e. The number of aromatic nitrogens is 1. The molecule has 0 unspecified atom stereocenters. The first-order valence-corrected chi connectivity index (χ1v) is 11.6. The Morgan fingerprint density at radius 3 is 2.59 bits per heavy atom. The molecule has 0 bridgehead atoms. The third-order valence-corrected chi connectivity index (χ3v) is 6.14. The van der Waals surface area contributed by atoms with Crippen LogP contribution in [0.15, 0.2) is 12.3 Å². The van der Waals surface area contributed by atoms with E-state index in [1.807, 2.05) is 11.8 Å². The molecule has 0 aliphatic heterocycles. The summed E-state index contributed by atoms with van der Waals surface area (Å²) >= 11 is 6.06. The van der Waals surface area contributed by atoms with Crippen molar-refractivity contribution >= 4 is 23.3 Å². The van der Waals surface area contributed by atoms with E-state index in [1.54, 1.807) is 7.11 Å². The van der Waals surface area contributed by atoms with Gasteiger partial charge in [-0.1, -0.05) is 11.6 Å². The van der Waals surface area contributed by atoms with Gasteiger partial charge in [0.2, 0.25) is 5.91 Å². The van der Waals surface area contributed by atoms with Crippen molar-refractivity contribution < 1.29 is 22.7 Å². The number of pyridine rings is 1. The zero-order chi connectivity index (χ0) is 23.6. The third-order valence-electron chi connectivity index (χ3n) is 5.86. The van der Waals surface area contributed by atoms with Crippen LogP contribution in [0.5, 0.6) is 0 Å².